The molecule has 0 saturated carbocycles. The number of carbonyl (C=O) groups excluding carboxylic acids is 1. The van der Waals surface area contributed by atoms with Crippen molar-refractivity contribution in [1.82, 2.24) is 0 Å². The van der Waals surface area contributed by atoms with Crippen molar-refractivity contribution in [2.75, 3.05) is 37.5 Å². The zero-order valence-electron chi connectivity index (χ0n) is 16.9. The van der Waals surface area contributed by atoms with Crippen molar-refractivity contribution in [2.45, 2.75) is 13.8 Å². The highest BCUT2D eigenvalue weighted by Crippen LogP contribution is 2.26. The number of methoxy groups -OCH3 is 2. The first-order chi connectivity index (χ1) is 14.0. The lowest BCUT2D eigenvalue weighted by Crippen LogP contribution is -2.22. The summed E-state index contributed by atoms with van der Waals surface area (Å²) in [7, 11) is 3.04. The number of nitrogens with one attached hydrogen (secondary N) is 1. The molecule has 1 N–H and O–H groups in total. The average Bonchev–Trinajstić information content (AvgIpc) is 2.73. The molecule has 0 unspecified atom stereocenters. The lowest BCUT2D eigenvalue weighted by atomic mass is 10.1. The molecular weight excluding hydrogens is 372 g/mol. The predicted molar refractivity (Wildman–Crippen MR) is 114 cm³/mol. The van der Waals surface area contributed by atoms with Gasteiger partial charge in [-0.3, -0.25) is 4.79 Å². The number of rotatable bonds is 7. The highest BCUT2D eigenvalue weighted by atomic mass is 16.5. The number of nitrogens with zero attached hydrogens (tertiary/aromatic N) is 1. The van der Waals surface area contributed by atoms with Crippen molar-refractivity contribution < 1.29 is 18.7 Å². The van der Waals surface area contributed by atoms with Crippen LogP contribution in [0.15, 0.2) is 51.7 Å². The first-order valence-corrected chi connectivity index (χ1v) is 9.36. The van der Waals surface area contributed by atoms with Gasteiger partial charge in [-0.1, -0.05) is 0 Å². The summed E-state index contributed by atoms with van der Waals surface area (Å²) in [5, 5.41) is 3.37. The molecular formula is C22H24N2O5. The second-order valence-electron chi connectivity index (χ2n) is 6.40. The van der Waals surface area contributed by atoms with Gasteiger partial charge in [0.25, 0.3) is 5.91 Å². The predicted octanol–water partition coefficient (Wildman–Crippen LogP) is 3.91. The van der Waals surface area contributed by atoms with E-state index in [2.05, 4.69) is 24.1 Å². The molecule has 0 saturated heterocycles. The molecule has 0 radical (unpaired) electrons. The molecule has 0 aliphatic heterocycles. The van der Waals surface area contributed by atoms with Gasteiger partial charge in [0, 0.05) is 54.1 Å². The maximum Gasteiger partial charge on any atom is 0.349 e. The van der Waals surface area contributed by atoms with E-state index in [-0.39, 0.29) is 5.56 Å². The molecule has 0 bridgehead atoms. The summed E-state index contributed by atoms with van der Waals surface area (Å²) < 4.78 is 15.8. The second kappa shape index (κ2) is 8.68. The molecule has 0 fully saturated rings. The van der Waals surface area contributed by atoms with Gasteiger partial charge in [0.15, 0.2) is 0 Å². The van der Waals surface area contributed by atoms with Crippen molar-refractivity contribution in [3.05, 3.63) is 58.4 Å². The van der Waals surface area contributed by atoms with Gasteiger partial charge in [-0.2, -0.15) is 0 Å². The van der Waals surface area contributed by atoms with Crippen LogP contribution in [0.5, 0.6) is 11.5 Å². The topological polar surface area (TPSA) is 81.0 Å². The van der Waals surface area contributed by atoms with Crippen LogP contribution in [0.25, 0.3) is 11.0 Å². The quantitative estimate of drug-likeness (QED) is 0.610. The smallest absolute Gasteiger partial charge is 0.349 e. The number of hydrogen-bond acceptors (Lipinski definition) is 6. The molecule has 3 rings (SSSR count). The minimum absolute atomic E-state index is 0.0742. The standard InChI is InChI=1S/C22H24N2O5/c1-5-24(6-2)16-8-7-14-9-19(22(26)29-20(14)12-16)21(25)23-15-10-17(27-3)13-18(11-15)28-4/h7-13H,5-6H2,1-4H3,(H,23,25). The second-order valence-corrected chi connectivity index (χ2v) is 6.40. The monoisotopic (exact) mass is 396 g/mol. The summed E-state index contributed by atoms with van der Waals surface area (Å²) >= 11 is 0. The largest absolute Gasteiger partial charge is 0.497 e. The normalized spacial score (nSPS) is 10.6. The molecule has 3 aromatic rings. The Bertz CT molecular complexity index is 1060. The van der Waals surface area contributed by atoms with Crippen LogP contribution in [0.1, 0.15) is 24.2 Å². The Kier molecular flexibility index (Phi) is 6.07. The van der Waals surface area contributed by atoms with E-state index in [0.29, 0.717) is 28.2 Å². The molecule has 1 heterocycles. The lowest BCUT2D eigenvalue weighted by Gasteiger charge is -2.21. The lowest BCUT2D eigenvalue weighted by molar-refractivity contribution is 0.102. The number of fused-ring (bicyclic) bond motifs is 1. The van der Waals surface area contributed by atoms with Gasteiger partial charge in [-0.25, -0.2) is 4.79 Å². The van der Waals surface area contributed by atoms with E-state index < -0.39 is 11.5 Å². The van der Waals surface area contributed by atoms with Gasteiger partial charge in [-0.15, -0.1) is 0 Å². The number of amides is 1. The molecule has 29 heavy (non-hydrogen) atoms. The fourth-order valence-corrected chi connectivity index (χ4v) is 3.12. The summed E-state index contributed by atoms with van der Waals surface area (Å²) in [6.45, 7) is 5.81. The van der Waals surface area contributed by atoms with Gasteiger partial charge < -0.3 is 24.1 Å². The molecule has 7 nitrogen and oxygen atoms in total. The van der Waals surface area contributed by atoms with Crippen molar-refractivity contribution >= 4 is 28.3 Å². The van der Waals surface area contributed by atoms with Crippen LogP contribution >= 0.6 is 0 Å². The van der Waals surface area contributed by atoms with Crippen LogP contribution in [-0.2, 0) is 0 Å². The first-order valence-electron chi connectivity index (χ1n) is 9.36. The third-order valence-corrected chi connectivity index (χ3v) is 4.70. The number of carbonyl (C=O) groups is 1. The summed E-state index contributed by atoms with van der Waals surface area (Å²) in [6.07, 6.45) is 0. The van der Waals surface area contributed by atoms with E-state index in [0.717, 1.165) is 18.8 Å². The van der Waals surface area contributed by atoms with E-state index in [4.69, 9.17) is 13.9 Å². The summed E-state index contributed by atoms with van der Waals surface area (Å²) in [5.41, 5.74) is 1.09. The Morgan fingerprint density at radius 2 is 1.66 bits per heavy atom. The molecule has 0 aliphatic rings. The number of benzene rings is 2. The van der Waals surface area contributed by atoms with Crippen LogP contribution in [0.3, 0.4) is 0 Å². The van der Waals surface area contributed by atoms with Crippen molar-refractivity contribution in [1.29, 1.82) is 0 Å². The van der Waals surface area contributed by atoms with Gasteiger partial charge in [0.05, 0.1) is 14.2 Å². The molecule has 2 aromatic carbocycles. The molecule has 0 spiro atoms. The van der Waals surface area contributed by atoms with Crippen LogP contribution in [0.2, 0.25) is 0 Å². The third kappa shape index (κ3) is 4.34. The SMILES string of the molecule is CCN(CC)c1ccc2cc(C(=O)Nc3cc(OC)cc(OC)c3)c(=O)oc2c1. The maximum absolute atomic E-state index is 12.7. The van der Waals surface area contributed by atoms with Crippen molar-refractivity contribution in [3.63, 3.8) is 0 Å². The zero-order valence-corrected chi connectivity index (χ0v) is 16.9. The summed E-state index contributed by atoms with van der Waals surface area (Å²) in [6, 6.07) is 12.1. The van der Waals surface area contributed by atoms with E-state index >= 15 is 0 Å². The van der Waals surface area contributed by atoms with E-state index in [1.54, 1.807) is 24.3 Å². The highest BCUT2D eigenvalue weighted by Gasteiger charge is 2.16. The van der Waals surface area contributed by atoms with Crippen molar-refractivity contribution in [3.8, 4) is 11.5 Å². The average molecular weight is 396 g/mol. The van der Waals surface area contributed by atoms with Gasteiger partial charge in [0.2, 0.25) is 0 Å². The first kappa shape index (κ1) is 20.3. The van der Waals surface area contributed by atoms with Crippen LogP contribution < -0.4 is 25.3 Å². The van der Waals surface area contributed by atoms with E-state index in [1.165, 1.54) is 14.2 Å². The van der Waals surface area contributed by atoms with E-state index in [9.17, 15) is 9.59 Å². The van der Waals surface area contributed by atoms with Crippen LogP contribution in [-0.4, -0.2) is 33.2 Å². The van der Waals surface area contributed by atoms with Gasteiger partial charge in [-0.05, 0) is 32.0 Å². The Labute approximate surface area is 168 Å². The van der Waals surface area contributed by atoms with E-state index in [1.807, 2.05) is 18.2 Å². The molecule has 152 valence electrons. The minimum Gasteiger partial charge on any atom is -0.497 e. The van der Waals surface area contributed by atoms with Crippen LogP contribution in [0, 0.1) is 0 Å². The molecule has 1 amide bonds. The maximum atomic E-state index is 12.7. The number of hydrogen-bond donors (Lipinski definition) is 1. The highest BCUT2D eigenvalue weighted by molar-refractivity contribution is 6.05. The Morgan fingerprint density at radius 3 is 2.24 bits per heavy atom. The number of ether oxygens (including phenoxy) is 2. The summed E-state index contributed by atoms with van der Waals surface area (Å²) in [4.78, 5) is 27.3. The van der Waals surface area contributed by atoms with Gasteiger partial charge >= 0.3 is 5.63 Å². The molecule has 1 aromatic heterocycles. The summed E-state index contributed by atoms with van der Waals surface area (Å²) in [5.74, 6) is 0.479. The van der Waals surface area contributed by atoms with Crippen LogP contribution in [0.4, 0.5) is 11.4 Å². The molecule has 0 atom stereocenters. The zero-order chi connectivity index (χ0) is 21.0. The third-order valence-electron chi connectivity index (χ3n) is 4.70. The van der Waals surface area contributed by atoms with Crippen molar-refractivity contribution in [2.24, 2.45) is 0 Å². The molecule has 7 heteroatoms. The Hall–Kier alpha value is -3.48. The Balaban J connectivity index is 1.93. The molecule has 0 aliphatic carbocycles. The van der Waals surface area contributed by atoms with Gasteiger partial charge in [0.1, 0.15) is 22.6 Å². The Morgan fingerprint density at radius 1 is 1.00 bits per heavy atom. The minimum atomic E-state index is -0.693. The fraction of sp³-hybridized carbons (Fsp3) is 0.273. The fourth-order valence-electron chi connectivity index (χ4n) is 3.12. The number of anilines is 2.